The number of halogens is 2. The minimum Gasteiger partial charge on any atom is -0.211 e. The van der Waals surface area contributed by atoms with E-state index in [0.29, 0.717) is 5.69 Å². The van der Waals surface area contributed by atoms with Crippen molar-refractivity contribution in [2.24, 2.45) is 9.98 Å². The van der Waals surface area contributed by atoms with Crippen molar-refractivity contribution in [2.45, 2.75) is 0 Å². The van der Waals surface area contributed by atoms with Gasteiger partial charge in [0.15, 0.2) is 0 Å². The first kappa shape index (κ1) is 15.1. The third kappa shape index (κ3) is 5.60. The highest BCUT2D eigenvalue weighted by Gasteiger charge is 1.89. The molecule has 4 nitrogen and oxygen atoms in total. The average Bonchev–Trinajstić information content (AvgIpc) is 2.43. The number of hydrogen-bond acceptors (Lipinski definition) is 4. The quantitative estimate of drug-likeness (QED) is 0.620. The molecule has 0 unspecified atom stereocenters. The zero-order chi connectivity index (χ0) is 14.8. The Morgan fingerprint density at radius 3 is 1.90 bits per heavy atom. The van der Waals surface area contributed by atoms with Crippen LogP contribution >= 0.6 is 0 Å². The molecule has 0 fully saturated rings. The van der Waals surface area contributed by atoms with Gasteiger partial charge in [0.1, 0.15) is 11.6 Å². The minimum absolute atomic E-state index is 0.287. The van der Waals surface area contributed by atoms with E-state index in [9.17, 15) is 18.4 Å². The Bertz CT molecular complexity index is 659. The number of rotatable bonds is 2. The van der Waals surface area contributed by atoms with E-state index >= 15 is 0 Å². The number of benzene rings is 2. The van der Waals surface area contributed by atoms with Crippen LogP contribution in [-0.2, 0) is 9.59 Å². The molecule has 0 bridgehead atoms. The van der Waals surface area contributed by atoms with Crippen LogP contribution in [0.3, 0.4) is 0 Å². The first-order valence-corrected chi connectivity index (χ1v) is 5.32. The lowest BCUT2D eigenvalue weighted by molar-refractivity contribution is 0.564. The van der Waals surface area contributed by atoms with Crippen molar-refractivity contribution < 1.29 is 18.4 Å². The van der Waals surface area contributed by atoms with Gasteiger partial charge in [-0.25, -0.2) is 18.4 Å². The molecule has 0 spiro atoms. The molecule has 20 heavy (non-hydrogen) atoms. The summed E-state index contributed by atoms with van der Waals surface area (Å²) in [6.07, 6.45) is 2.68. The second kappa shape index (κ2) is 8.21. The second-order valence-electron chi connectivity index (χ2n) is 3.36. The number of hydrogen-bond donors (Lipinski definition) is 0. The van der Waals surface area contributed by atoms with Crippen LogP contribution in [0.15, 0.2) is 58.5 Å². The van der Waals surface area contributed by atoms with Gasteiger partial charge in [-0.05, 0) is 36.4 Å². The van der Waals surface area contributed by atoms with Gasteiger partial charge in [0.25, 0.3) is 0 Å². The molecule has 6 heteroatoms. The Morgan fingerprint density at radius 2 is 1.35 bits per heavy atom. The van der Waals surface area contributed by atoms with Gasteiger partial charge in [-0.1, -0.05) is 6.07 Å². The maximum Gasteiger partial charge on any atom is 0.240 e. The minimum atomic E-state index is -0.406. The summed E-state index contributed by atoms with van der Waals surface area (Å²) in [4.78, 5) is 25.8. The lowest BCUT2D eigenvalue weighted by atomic mass is 10.3. The second-order valence-corrected chi connectivity index (χ2v) is 3.36. The number of isocyanates is 2. The predicted octanol–water partition coefficient (Wildman–Crippen LogP) is 3.59. The SMILES string of the molecule is O=C=Nc1ccc(F)cc1.O=C=Nc1cccc(F)c1. The third-order valence-electron chi connectivity index (χ3n) is 1.98. The molecule has 0 radical (unpaired) electrons. The van der Waals surface area contributed by atoms with E-state index < -0.39 is 5.82 Å². The fourth-order valence-corrected chi connectivity index (χ4v) is 1.17. The molecule has 0 N–H and O–H groups in total. The highest BCUT2D eigenvalue weighted by atomic mass is 19.1. The lowest BCUT2D eigenvalue weighted by Crippen LogP contribution is -1.69. The standard InChI is InChI=1S/2C7H4FNO/c8-6-1-3-7(4-2-6)9-5-10;8-6-2-1-3-7(4-6)9-5-10/h2*1-4H. The van der Waals surface area contributed by atoms with Crippen LogP contribution < -0.4 is 0 Å². The van der Waals surface area contributed by atoms with Crippen LogP contribution in [0.25, 0.3) is 0 Å². The monoisotopic (exact) mass is 274 g/mol. The van der Waals surface area contributed by atoms with Crippen LogP contribution in [0.4, 0.5) is 20.2 Å². The van der Waals surface area contributed by atoms with Crippen LogP contribution in [0.5, 0.6) is 0 Å². The highest BCUT2D eigenvalue weighted by molar-refractivity contribution is 5.48. The summed E-state index contributed by atoms with van der Waals surface area (Å²) in [5.74, 6) is -0.749. The summed E-state index contributed by atoms with van der Waals surface area (Å²) in [6, 6.07) is 10.7. The van der Waals surface area contributed by atoms with Crippen molar-refractivity contribution in [1.29, 1.82) is 0 Å². The Morgan fingerprint density at radius 1 is 0.750 bits per heavy atom. The van der Waals surface area contributed by atoms with E-state index in [2.05, 4.69) is 9.98 Å². The van der Waals surface area contributed by atoms with Gasteiger partial charge in [-0.2, -0.15) is 9.98 Å². The van der Waals surface area contributed by atoms with Crippen LogP contribution in [0.2, 0.25) is 0 Å². The van der Waals surface area contributed by atoms with Gasteiger partial charge < -0.3 is 0 Å². The summed E-state index contributed by atoms with van der Waals surface area (Å²) in [5.41, 5.74) is 0.700. The van der Waals surface area contributed by atoms with Crippen molar-refractivity contribution in [3.8, 4) is 0 Å². The molecular weight excluding hydrogens is 266 g/mol. The van der Waals surface area contributed by atoms with E-state index in [1.54, 1.807) is 0 Å². The fraction of sp³-hybridized carbons (Fsp3) is 0. The number of nitrogens with zero attached hydrogens (tertiary/aromatic N) is 2. The molecule has 0 aliphatic heterocycles. The maximum atomic E-state index is 12.3. The van der Waals surface area contributed by atoms with E-state index in [1.165, 1.54) is 54.6 Å². The van der Waals surface area contributed by atoms with Crippen LogP contribution in [0, 0.1) is 11.6 Å². The smallest absolute Gasteiger partial charge is 0.211 e. The molecule has 0 amide bonds. The summed E-state index contributed by atoms with van der Waals surface area (Å²) >= 11 is 0. The van der Waals surface area contributed by atoms with Crippen molar-refractivity contribution in [3.05, 3.63) is 60.2 Å². The fourth-order valence-electron chi connectivity index (χ4n) is 1.17. The normalized spacial score (nSPS) is 8.50. The van der Waals surface area contributed by atoms with E-state index in [1.807, 2.05) is 0 Å². The van der Waals surface area contributed by atoms with Crippen molar-refractivity contribution in [1.82, 2.24) is 0 Å². The third-order valence-corrected chi connectivity index (χ3v) is 1.98. The molecule has 2 aromatic rings. The van der Waals surface area contributed by atoms with Gasteiger partial charge in [-0.15, -0.1) is 0 Å². The van der Waals surface area contributed by atoms with Crippen LogP contribution in [0.1, 0.15) is 0 Å². The first-order valence-electron chi connectivity index (χ1n) is 5.32. The Balaban J connectivity index is 0.000000200. The summed E-state index contributed by atoms with van der Waals surface area (Å²) in [5, 5.41) is 0. The average molecular weight is 274 g/mol. The van der Waals surface area contributed by atoms with E-state index in [-0.39, 0.29) is 11.5 Å². The molecule has 0 heterocycles. The predicted molar refractivity (Wildman–Crippen MR) is 68.4 cm³/mol. The molecule has 0 aliphatic carbocycles. The van der Waals surface area contributed by atoms with Crippen LogP contribution in [-0.4, -0.2) is 12.2 Å². The molecule has 0 saturated heterocycles. The Hall–Kier alpha value is -2.94. The molecule has 0 saturated carbocycles. The Labute approximate surface area is 113 Å². The number of carbonyl (C=O) groups excluding carboxylic acids is 2. The molecule has 2 rings (SSSR count). The van der Waals surface area contributed by atoms with Gasteiger partial charge in [0.2, 0.25) is 12.2 Å². The number of aliphatic imine (C=N–C) groups is 2. The summed E-state index contributed by atoms with van der Waals surface area (Å²) in [6.45, 7) is 0. The van der Waals surface area contributed by atoms with Gasteiger partial charge in [0.05, 0.1) is 11.4 Å². The zero-order valence-corrected chi connectivity index (χ0v) is 10.1. The van der Waals surface area contributed by atoms with Gasteiger partial charge in [0, 0.05) is 6.07 Å². The van der Waals surface area contributed by atoms with Crippen molar-refractivity contribution in [2.75, 3.05) is 0 Å². The lowest BCUT2D eigenvalue weighted by Gasteiger charge is -1.87. The highest BCUT2D eigenvalue weighted by Crippen LogP contribution is 2.11. The molecule has 2 aromatic carbocycles. The largest absolute Gasteiger partial charge is 0.240 e. The Kier molecular flexibility index (Phi) is 6.21. The molecular formula is C14H8F2N2O2. The molecule has 0 atom stereocenters. The van der Waals surface area contributed by atoms with Crippen molar-refractivity contribution in [3.63, 3.8) is 0 Å². The van der Waals surface area contributed by atoms with Crippen molar-refractivity contribution >= 4 is 23.5 Å². The maximum absolute atomic E-state index is 12.3. The summed E-state index contributed by atoms with van der Waals surface area (Å²) in [7, 11) is 0. The molecule has 0 aliphatic rings. The zero-order valence-electron chi connectivity index (χ0n) is 10.1. The topological polar surface area (TPSA) is 58.9 Å². The van der Waals surface area contributed by atoms with Gasteiger partial charge >= 0.3 is 0 Å². The first-order chi connectivity index (χ1) is 9.65. The van der Waals surface area contributed by atoms with E-state index in [4.69, 9.17) is 0 Å². The van der Waals surface area contributed by atoms with E-state index in [0.717, 1.165) is 6.07 Å². The van der Waals surface area contributed by atoms with Gasteiger partial charge in [-0.3, -0.25) is 0 Å². The summed E-state index contributed by atoms with van der Waals surface area (Å²) < 4.78 is 24.5. The molecule has 0 aromatic heterocycles. The molecule has 100 valence electrons.